The van der Waals surface area contributed by atoms with Gasteiger partial charge >= 0.3 is 0 Å². The van der Waals surface area contributed by atoms with Gasteiger partial charge in [0.25, 0.3) is 0 Å². The van der Waals surface area contributed by atoms with Gasteiger partial charge in [-0.15, -0.1) is 0 Å². The van der Waals surface area contributed by atoms with E-state index < -0.39 is 0 Å². The predicted molar refractivity (Wildman–Crippen MR) is 119 cm³/mol. The minimum atomic E-state index is -0.201. The molecule has 2 aliphatic heterocycles. The van der Waals surface area contributed by atoms with Crippen LogP contribution in [-0.4, -0.2) is 48.6 Å². The van der Waals surface area contributed by atoms with Gasteiger partial charge < -0.3 is 24.3 Å². The van der Waals surface area contributed by atoms with Crippen LogP contribution in [0.2, 0.25) is 15.1 Å². The van der Waals surface area contributed by atoms with Crippen LogP contribution < -0.4 is 14.8 Å². The molecule has 2 aliphatic rings. The van der Waals surface area contributed by atoms with Crippen molar-refractivity contribution in [1.29, 1.82) is 0 Å². The average Bonchev–Trinajstić information content (AvgIpc) is 3.39. The molecule has 162 valence electrons. The van der Waals surface area contributed by atoms with Crippen LogP contribution in [0, 0.1) is 0 Å². The van der Waals surface area contributed by atoms with Crippen LogP contribution in [0.25, 0.3) is 10.9 Å². The van der Waals surface area contributed by atoms with E-state index in [2.05, 4.69) is 15.3 Å². The van der Waals surface area contributed by atoms with E-state index in [1.807, 2.05) is 12.1 Å². The summed E-state index contributed by atoms with van der Waals surface area (Å²) in [6.07, 6.45) is 2.17. The van der Waals surface area contributed by atoms with Crippen molar-refractivity contribution in [2.45, 2.75) is 24.7 Å². The van der Waals surface area contributed by atoms with Crippen molar-refractivity contribution in [2.75, 3.05) is 25.6 Å². The Bertz CT molecular complexity index is 1150. The number of hydrogen-bond acceptors (Lipinski definition) is 7. The predicted octanol–water partition coefficient (Wildman–Crippen LogP) is 5.28. The van der Waals surface area contributed by atoms with Gasteiger partial charge in [-0.3, -0.25) is 0 Å². The molecule has 7 nitrogen and oxygen atoms in total. The summed E-state index contributed by atoms with van der Waals surface area (Å²) in [5.74, 6) is 1.66. The molecule has 2 fully saturated rings. The number of benzene rings is 2. The largest absolute Gasteiger partial charge is 0.493 e. The molecule has 2 aromatic carbocycles. The minimum Gasteiger partial charge on any atom is -0.493 e. The third kappa shape index (κ3) is 3.85. The van der Waals surface area contributed by atoms with Crippen molar-refractivity contribution in [3.8, 4) is 11.5 Å². The molecule has 3 atom stereocenters. The van der Waals surface area contributed by atoms with Crippen LogP contribution in [0.1, 0.15) is 6.42 Å². The molecule has 0 saturated carbocycles. The maximum absolute atomic E-state index is 6.33. The third-order valence-electron chi connectivity index (χ3n) is 5.41. The van der Waals surface area contributed by atoms with Gasteiger partial charge in [0.05, 0.1) is 46.1 Å². The molecule has 31 heavy (non-hydrogen) atoms. The first-order valence-electron chi connectivity index (χ1n) is 9.68. The number of nitrogens with one attached hydrogen (secondary N) is 1. The fourth-order valence-corrected chi connectivity index (χ4v) is 4.44. The molecule has 1 N–H and O–H groups in total. The van der Waals surface area contributed by atoms with Crippen molar-refractivity contribution < 1.29 is 18.9 Å². The summed E-state index contributed by atoms with van der Waals surface area (Å²) in [6, 6.07) is 7.04. The Morgan fingerprint density at radius 1 is 1.06 bits per heavy atom. The summed E-state index contributed by atoms with van der Waals surface area (Å²) in [4.78, 5) is 8.74. The molecular weight excluding hydrogens is 465 g/mol. The van der Waals surface area contributed by atoms with E-state index in [1.54, 1.807) is 19.2 Å². The molecule has 0 spiro atoms. The number of halogens is 3. The molecular formula is C21H18Cl3N3O4. The zero-order valence-corrected chi connectivity index (χ0v) is 18.7. The fraction of sp³-hybridized carbons (Fsp3) is 0.333. The summed E-state index contributed by atoms with van der Waals surface area (Å²) >= 11 is 18.5. The molecule has 3 heterocycles. The van der Waals surface area contributed by atoms with Gasteiger partial charge in [-0.2, -0.15) is 0 Å². The van der Waals surface area contributed by atoms with Gasteiger partial charge in [-0.25, -0.2) is 9.97 Å². The second-order valence-corrected chi connectivity index (χ2v) is 8.41. The maximum Gasteiger partial charge on any atom is 0.164 e. The fourth-order valence-electron chi connectivity index (χ4n) is 3.86. The molecule has 1 aromatic heterocycles. The summed E-state index contributed by atoms with van der Waals surface area (Å²) in [7, 11) is 1.58. The van der Waals surface area contributed by atoms with Crippen LogP contribution in [0.3, 0.4) is 0 Å². The highest BCUT2D eigenvalue weighted by molar-refractivity contribution is 6.49. The van der Waals surface area contributed by atoms with Gasteiger partial charge in [0.1, 0.15) is 18.2 Å². The summed E-state index contributed by atoms with van der Waals surface area (Å²) in [6.45, 7) is 1.16. The van der Waals surface area contributed by atoms with Crippen molar-refractivity contribution in [3.63, 3.8) is 0 Å². The maximum atomic E-state index is 6.33. The zero-order valence-electron chi connectivity index (χ0n) is 16.4. The molecule has 10 heteroatoms. The van der Waals surface area contributed by atoms with Crippen LogP contribution >= 0.6 is 34.8 Å². The molecule has 5 rings (SSSR count). The summed E-state index contributed by atoms with van der Waals surface area (Å²) < 4.78 is 23.4. The normalized spacial score (nSPS) is 22.5. The molecule has 2 unspecified atom stereocenters. The van der Waals surface area contributed by atoms with Crippen LogP contribution in [-0.2, 0) is 9.47 Å². The molecule has 2 saturated heterocycles. The first kappa shape index (κ1) is 20.8. The number of hydrogen-bond donors (Lipinski definition) is 1. The minimum absolute atomic E-state index is 0.0696. The van der Waals surface area contributed by atoms with Crippen LogP contribution in [0.5, 0.6) is 11.5 Å². The molecule has 0 aliphatic carbocycles. The van der Waals surface area contributed by atoms with Crippen molar-refractivity contribution >= 4 is 57.2 Å². The van der Waals surface area contributed by atoms with Crippen molar-refractivity contribution in [3.05, 3.63) is 45.7 Å². The van der Waals surface area contributed by atoms with Crippen LogP contribution in [0.4, 0.5) is 11.5 Å². The van der Waals surface area contributed by atoms with Crippen molar-refractivity contribution in [2.24, 2.45) is 0 Å². The Kier molecular flexibility index (Phi) is 5.71. The third-order valence-corrected chi connectivity index (χ3v) is 6.70. The molecule has 0 bridgehead atoms. The first-order valence-corrected chi connectivity index (χ1v) is 10.8. The second kappa shape index (κ2) is 8.48. The quantitative estimate of drug-likeness (QED) is 0.496. The molecule has 0 radical (unpaired) electrons. The zero-order chi connectivity index (χ0) is 21.5. The van der Waals surface area contributed by atoms with E-state index in [-0.39, 0.29) is 23.3 Å². The van der Waals surface area contributed by atoms with E-state index in [0.29, 0.717) is 51.8 Å². The van der Waals surface area contributed by atoms with Gasteiger partial charge in [0, 0.05) is 18.1 Å². The number of anilines is 2. The number of methoxy groups -OCH3 is 1. The second-order valence-electron chi connectivity index (χ2n) is 7.24. The average molecular weight is 483 g/mol. The van der Waals surface area contributed by atoms with Gasteiger partial charge in [-0.05, 0) is 24.6 Å². The Morgan fingerprint density at radius 3 is 2.77 bits per heavy atom. The van der Waals surface area contributed by atoms with E-state index in [4.69, 9.17) is 53.8 Å². The van der Waals surface area contributed by atoms with E-state index in [1.165, 1.54) is 6.33 Å². The number of rotatable bonds is 5. The van der Waals surface area contributed by atoms with E-state index in [9.17, 15) is 0 Å². The number of ether oxygens (including phenoxy) is 4. The standard InChI is InChI=1S/C21H18Cl3N3O4/c1-28-15-6-10-13(7-16(15)31-17-8-30-14-4-5-29-20(14)17)25-9-26-21(10)27-12-3-2-11(22)18(23)19(12)24/h2-3,6-7,9,14,17,20H,4-5,8H2,1H3,(H,25,26,27)/t14?,17-,20?/m1/s1. The number of nitrogens with zero attached hydrogens (tertiary/aromatic N) is 2. The lowest BCUT2D eigenvalue weighted by molar-refractivity contribution is 0.0298. The molecule has 3 aromatic rings. The molecule has 0 amide bonds. The van der Waals surface area contributed by atoms with Gasteiger partial charge in [0.2, 0.25) is 0 Å². The lowest BCUT2D eigenvalue weighted by Crippen LogP contribution is -2.32. The van der Waals surface area contributed by atoms with Gasteiger partial charge in [0.15, 0.2) is 17.6 Å². The van der Waals surface area contributed by atoms with Gasteiger partial charge in [-0.1, -0.05) is 34.8 Å². The highest BCUT2D eigenvalue weighted by atomic mass is 35.5. The summed E-state index contributed by atoms with van der Waals surface area (Å²) in [5.41, 5.74) is 1.25. The lowest BCUT2D eigenvalue weighted by atomic mass is 10.1. The van der Waals surface area contributed by atoms with E-state index >= 15 is 0 Å². The monoisotopic (exact) mass is 481 g/mol. The summed E-state index contributed by atoms with van der Waals surface area (Å²) in [5, 5.41) is 4.87. The highest BCUT2D eigenvalue weighted by Crippen LogP contribution is 2.40. The Balaban J connectivity index is 1.49. The lowest BCUT2D eigenvalue weighted by Gasteiger charge is -2.20. The number of fused-ring (bicyclic) bond motifs is 2. The number of aromatic nitrogens is 2. The highest BCUT2D eigenvalue weighted by Gasteiger charge is 2.43. The SMILES string of the molecule is COc1cc2c(Nc3ccc(Cl)c(Cl)c3Cl)ncnc2cc1O[C@@H]1COC2CCOC21. The van der Waals surface area contributed by atoms with Crippen molar-refractivity contribution in [1.82, 2.24) is 9.97 Å². The smallest absolute Gasteiger partial charge is 0.164 e. The van der Waals surface area contributed by atoms with Crippen LogP contribution in [0.15, 0.2) is 30.6 Å². The Morgan fingerprint density at radius 2 is 1.94 bits per heavy atom. The Labute approximate surface area is 193 Å². The Hall–Kier alpha value is -2.03. The first-order chi connectivity index (χ1) is 15.0. The van der Waals surface area contributed by atoms with E-state index in [0.717, 1.165) is 11.8 Å². The topological polar surface area (TPSA) is 74.7 Å².